The summed E-state index contributed by atoms with van der Waals surface area (Å²) < 4.78 is 1.84. The molecule has 1 saturated carbocycles. The van der Waals surface area contributed by atoms with E-state index in [1.54, 1.807) is 12.7 Å². The fourth-order valence-corrected chi connectivity index (χ4v) is 2.95. The molecule has 0 spiro atoms. The van der Waals surface area contributed by atoms with Crippen LogP contribution in [0.15, 0.2) is 36.9 Å². The van der Waals surface area contributed by atoms with Gasteiger partial charge in [0.25, 0.3) is 0 Å². The number of hydrogen-bond donors (Lipinski definition) is 1. The van der Waals surface area contributed by atoms with Gasteiger partial charge in [0.15, 0.2) is 0 Å². The molecule has 1 aromatic carbocycles. The van der Waals surface area contributed by atoms with Gasteiger partial charge in [0.1, 0.15) is 12.7 Å². The molecule has 2 aromatic rings. The van der Waals surface area contributed by atoms with E-state index in [2.05, 4.69) is 33.6 Å². The average molecular weight is 270 g/mol. The Morgan fingerprint density at radius 2 is 1.90 bits per heavy atom. The SMILES string of the molecule is c1ccc(-n2cncn2)c(CNC2CCCCCC2)c1. The number of aromatic nitrogens is 3. The maximum absolute atomic E-state index is 4.23. The topological polar surface area (TPSA) is 42.7 Å². The van der Waals surface area contributed by atoms with E-state index in [-0.39, 0.29) is 0 Å². The molecule has 0 atom stereocenters. The summed E-state index contributed by atoms with van der Waals surface area (Å²) in [5.74, 6) is 0. The van der Waals surface area contributed by atoms with Crippen molar-refractivity contribution in [3.8, 4) is 5.69 Å². The smallest absolute Gasteiger partial charge is 0.138 e. The van der Waals surface area contributed by atoms with Crippen LogP contribution >= 0.6 is 0 Å². The molecule has 3 rings (SSSR count). The minimum Gasteiger partial charge on any atom is -0.310 e. The van der Waals surface area contributed by atoms with E-state index in [0.717, 1.165) is 12.2 Å². The van der Waals surface area contributed by atoms with Crippen LogP contribution in [0.2, 0.25) is 0 Å². The monoisotopic (exact) mass is 270 g/mol. The van der Waals surface area contributed by atoms with Crippen LogP contribution in [0.3, 0.4) is 0 Å². The Kier molecular flexibility index (Phi) is 4.43. The molecule has 1 heterocycles. The molecule has 4 heteroatoms. The molecule has 1 N–H and O–H groups in total. The van der Waals surface area contributed by atoms with Crippen molar-refractivity contribution in [2.45, 2.75) is 51.1 Å². The van der Waals surface area contributed by atoms with Crippen LogP contribution in [-0.4, -0.2) is 20.8 Å². The lowest BCUT2D eigenvalue weighted by Gasteiger charge is -2.17. The second kappa shape index (κ2) is 6.66. The van der Waals surface area contributed by atoms with Crippen molar-refractivity contribution in [3.63, 3.8) is 0 Å². The standard InChI is InChI=1S/C16H22N4/c1-2-4-9-15(8-3-1)18-11-14-7-5-6-10-16(14)20-13-17-12-19-20/h5-7,10,12-13,15,18H,1-4,8-9,11H2. The van der Waals surface area contributed by atoms with E-state index >= 15 is 0 Å². The summed E-state index contributed by atoms with van der Waals surface area (Å²) in [5, 5.41) is 7.95. The highest BCUT2D eigenvalue weighted by molar-refractivity contribution is 5.39. The minimum atomic E-state index is 0.668. The van der Waals surface area contributed by atoms with E-state index in [1.165, 1.54) is 44.1 Å². The largest absolute Gasteiger partial charge is 0.310 e. The van der Waals surface area contributed by atoms with Gasteiger partial charge in [-0.3, -0.25) is 0 Å². The molecule has 20 heavy (non-hydrogen) atoms. The van der Waals surface area contributed by atoms with Crippen molar-refractivity contribution in [1.29, 1.82) is 0 Å². The summed E-state index contributed by atoms with van der Waals surface area (Å²) in [4.78, 5) is 4.03. The van der Waals surface area contributed by atoms with Gasteiger partial charge >= 0.3 is 0 Å². The van der Waals surface area contributed by atoms with Crippen molar-refractivity contribution in [2.75, 3.05) is 0 Å². The van der Waals surface area contributed by atoms with Gasteiger partial charge in [0.2, 0.25) is 0 Å². The van der Waals surface area contributed by atoms with Crippen molar-refractivity contribution >= 4 is 0 Å². The Hall–Kier alpha value is -1.68. The molecule has 4 nitrogen and oxygen atoms in total. The first-order valence-electron chi connectivity index (χ1n) is 7.60. The highest BCUT2D eigenvalue weighted by atomic mass is 15.3. The maximum Gasteiger partial charge on any atom is 0.138 e. The van der Waals surface area contributed by atoms with Crippen molar-refractivity contribution < 1.29 is 0 Å². The molecule has 1 aromatic heterocycles. The Labute approximate surface area is 120 Å². The Morgan fingerprint density at radius 1 is 1.10 bits per heavy atom. The fourth-order valence-electron chi connectivity index (χ4n) is 2.95. The number of benzene rings is 1. The first-order valence-corrected chi connectivity index (χ1v) is 7.60. The molecule has 0 radical (unpaired) electrons. The quantitative estimate of drug-likeness (QED) is 0.868. The summed E-state index contributed by atoms with van der Waals surface area (Å²) >= 11 is 0. The molecular weight excluding hydrogens is 248 g/mol. The van der Waals surface area contributed by atoms with Gasteiger partial charge in [-0.2, -0.15) is 5.10 Å². The summed E-state index contributed by atoms with van der Waals surface area (Å²) in [6.07, 6.45) is 11.5. The minimum absolute atomic E-state index is 0.668. The lowest BCUT2D eigenvalue weighted by Crippen LogP contribution is -2.28. The van der Waals surface area contributed by atoms with E-state index in [1.807, 2.05) is 10.7 Å². The summed E-state index contributed by atoms with van der Waals surface area (Å²) in [6.45, 7) is 0.903. The molecular formula is C16H22N4. The lowest BCUT2D eigenvalue weighted by atomic mass is 10.1. The normalized spacial score (nSPS) is 17.0. The van der Waals surface area contributed by atoms with Crippen molar-refractivity contribution in [2.24, 2.45) is 0 Å². The van der Waals surface area contributed by atoms with Crippen LogP contribution in [0.5, 0.6) is 0 Å². The van der Waals surface area contributed by atoms with Gasteiger partial charge in [-0.25, -0.2) is 9.67 Å². The Morgan fingerprint density at radius 3 is 2.65 bits per heavy atom. The second-order valence-electron chi connectivity index (χ2n) is 5.54. The zero-order valence-corrected chi connectivity index (χ0v) is 11.8. The highest BCUT2D eigenvalue weighted by Gasteiger charge is 2.12. The van der Waals surface area contributed by atoms with Crippen LogP contribution < -0.4 is 5.32 Å². The highest BCUT2D eigenvalue weighted by Crippen LogP contribution is 2.19. The van der Waals surface area contributed by atoms with Crippen molar-refractivity contribution in [1.82, 2.24) is 20.1 Å². The molecule has 1 aliphatic rings. The third-order valence-electron chi connectivity index (χ3n) is 4.09. The summed E-state index contributed by atoms with van der Waals surface area (Å²) in [7, 11) is 0. The summed E-state index contributed by atoms with van der Waals surface area (Å²) in [5.41, 5.74) is 2.40. The van der Waals surface area contributed by atoms with Crippen LogP contribution in [0.25, 0.3) is 5.69 Å². The summed E-state index contributed by atoms with van der Waals surface area (Å²) in [6, 6.07) is 9.07. The third kappa shape index (κ3) is 3.25. The van der Waals surface area contributed by atoms with Crippen LogP contribution in [0.4, 0.5) is 0 Å². The molecule has 0 aliphatic heterocycles. The van der Waals surface area contributed by atoms with Gasteiger partial charge in [-0.15, -0.1) is 0 Å². The lowest BCUT2D eigenvalue weighted by molar-refractivity contribution is 0.458. The first-order chi connectivity index (χ1) is 9.93. The molecule has 106 valence electrons. The maximum atomic E-state index is 4.23. The second-order valence-corrected chi connectivity index (χ2v) is 5.54. The van der Waals surface area contributed by atoms with E-state index in [9.17, 15) is 0 Å². The molecule has 0 bridgehead atoms. The fraction of sp³-hybridized carbons (Fsp3) is 0.500. The molecule has 0 unspecified atom stereocenters. The van der Waals surface area contributed by atoms with E-state index in [4.69, 9.17) is 0 Å². The molecule has 1 fully saturated rings. The number of rotatable bonds is 4. The zero-order chi connectivity index (χ0) is 13.6. The van der Waals surface area contributed by atoms with E-state index < -0.39 is 0 Å². The van der Waals surface area contributed by atoms with E-state index in [0.29, 0.717) is 6.04 Å². The Bertz CT molecular complexity index is 513. The predicted octanol–water partition coefficient (Wildman–Crippen LogP) is 3.08. The molecule has 0 amide bonds. The van der Waals surface area contributed by atoms with Crippen LogP contribution in [-0.2, 0) is 6.54 Å². The molecule has 0 saturated heterocycles. The predicted molar refractivity (Wildman–Crippen MR) is 79.7 cm³/mol. The third-order valence-corrected chi connectivity index (χ3v) is 4.09. The molecule has 1 aliphatic carbocycles. The number of nitrogens with one attached hydrogen (secondary N) is 1. The van der Waals surface area contributed by atoms with Crippen LogP contribution in [0.1, 0.15) is 44.1 Å². The number of nitrogens with zero attached hydrogens (tertiary/aromatic N) is 3. The van der Waals surface area contributed by atoms with Crippen LogP contribution in [0, 0.1) is 0 Å². The van der Waals surface area contributed by atoms with Gasteiger partial charge in [-0.1, -0.05) is 43.9 Å². The first kappa shape index (κ1) is 13.3. The van der Waals surface area contributed by atoms with Gasteiger partial charge in [0.05, 0.1) is 5.69 Å². The van der Waals surface area contributed by atoms with Gasteiger partial charge in [0, 0.05) is 12.6 Å². The average Bonchev–Trinajstić information content (AvgIpc) is 2.89. The number of para-hydroxylation sites is 1. The van der Waals surface area contributed by atoms with Gasteiger partial charge in [-0.05, 0) is 24.5 Å². The van der Waals surface area contributed by atoms with Gasteiger partial charge < -0.3 is 5.32 Å². The zero-order valence-electron chi connectivity index (χ0n) is 11.8. The number of hydrogen-bond acceptors (Lipinski definition) is 3. The van der Waals surface area contributed by atoms with Crippen molar-refractivity contribution in [3.05, 3.63) is 42.5 Å². The Balaban J connectivity index is 1.68.